The van der Waals surface area contributed by atoms with Gasteiger partial charge in [0.25, 0.3) is 0 Å². The van der Waals surface area contributed by atoms with Crippen LogP contribution in [0.25, 0.3) is 89.2 Å². The van der Waals surface area contributed by atoms with Gasteiger partial charge in [0.2, 0.25) is 0 Å². The zero-order valence-electron chi connectivity index (χ0n) is 33.2. The Bertz CT molecular complexity index is 3100. The topological polar surface area (TPSA) is 25.8 Å². The molecule has 1 heterocycles. The molecule has 2 aliphatic carbocycles. The molecule has 2 heteroatoms. The highest BCUT2D eigenvalue weighted by molar-refractivity contribution is 5.99. The molecule has 0 saturated carbocycles. The average molecular weight is 743 g/mol. The van der Waals surface area contributed by atoms with E-state index in [1.54, 1.807) is 0 Å². The van der Waals surface area contributed by atoms with Gasteiger partial charge in [-0.05, 0) is 114 Å². The highest BCUT2D eigenvalue weighted by Gasteiger charge is 2.38. The fraction of sp³-hybridized carbons (Fsp3) is 0.107. The van der Waals surface area contributed by atoms with Crippen LogP contribution in [-0.4, -0.2) is 9.97 Å². The second-order valence-corrected chi connectivity index (χ2v) is 17.0. The number of aromatic nitrogens is 2. The molecule has 276 valence electrons. The lowest BCUT2D eigenvalue weighted by molar-refractivity contribution is 0.661. The van der Waals surface area contributed by atoms with Crippen LogP contribution in [0.4, 0.5) is 0 Å². The summed E-state index contributed by atoms with van der Waals surface area (Å²) in [7, 11) is 0. The summed E-state index contributed by atoms with van der Waals surface area (Å²) in [5.41, 5.74) is 20.3. The Morgan fingerprint density at radius 2 is 0.828 bits per heavy atom. The number of rotatable bonds is 5. The summed E-state index contributed by atoms with van der Waals surface area (Å²) in [6, 6.07) is 66.3. The molecule has 0 atom stereocenters. The summed E-state index contributed by atoms with van der Waals surface area (Å²) in [6.45, 7) is 9.43. The van der Waals surface area contributed by atoms with Crippen molar-refractivity contribution in [2.24, 2.45) is 0 Å². The van der Waals surface area contributed by atoms with Gasteiger partial charge < -0.3 is 0 Å². The van der Waals surface area contributed by atoms with E-state index in [0.717, 1.165) is 33.9 Å². The van der Waals surface area contributed by atoms with Gasteiger partial charge in [0, 0.05) is 27.5 Å². The molecule has 2 nitrogen and oxygen atoms in total. The third-order valence-electron chi connectivity index (χ3n) is 12.9. The first-order valence-corrected chi connectivity index (χ1v) is 20.3. The predicted molar refractivity (Wildman–Crippen MR) is 242 cm³/mol. The molecule has 0 spiro atoms. The molecule has 0 fully saturated rings. The number of nitrogens with zero attached hydrogens (tertiary/aromatic N) is 2. The van der Waals surface area contributed by atoms with E-state index in [1.165, 1.54) is 77.5 Å². The predicted octanol–water partition coefficient (Wildman–Crippen LogP) is 14.6. The molecule has 0 N–H and O–H groups in total. The molecular weight excluding hydrogens is 701 g/mol. The van der Waals surface area contributed by atoms with E-state index in [9.17, 15) is 0 Å². The van der Waals surface area contributed by atoms with Gasteiger partial charge in [0.05, 0.1) is 11.4 Å². The van der Waals surface area contributed by atoms with Gasteiger partial charge in [-0.25, -0.2) is 9.97 Å². The van der Waals surface area contributed by atoms with Gasteiger partial charge in [-0.15, -0.1) is 0 Å². The fourth-order valence-electron chi connectivity index (χ4n) is 9.73. The zero-order chi connectivity index (χ0) is 39.2. The average Bonchev–Trinajstić information content (AvgIpc) is 3.64. The minimum atomic E-state index is -0.173. The van der Waals surface area contributed by atoms with Crippen molar-refractivity contribution in [1.82, 2.24) is 9.97 Å². The number of benzene rings is 8. The summed E-state index contributed by atoms with van der Waals surface area (Å²) in [4.78, 5) is 10.5. The Hall–Kier alpha value is -6.90. The monoisotopic (exact) mass is 742 g/mol. The van der Waals surface area contributed by atoms with Gasteiger partial charge in [-0.1, -0.05) is 173 Å². The molecule has 0 saturated heterocycles. The van der Waals surface area contributed by atoms with Gasteiger partial charge in [0.15, 0.2) is 5.82 Å². The lowest BCUT2D eigenvalue weighted by Gasteiger charge is -2.22. The Labute approximate surface area is 340 Å². The molecule has 8 aromatic carbocycles. The highest BCUT2D eigenvalue weighted by atomic mass is 14.9. The van der Waals surface area contributed by atoms with E-state index in [0.29, 0.717) is 0 Å². The summed E-state index contributed by atoms with van der Waals surface area (Å²) in [5, 5.41) is 2.55. The van der Waals surface area contributed by atoms with E-state index in [1.807, 2.05) is 6.07 Å². The molecule has 9 aromatic rings. The highest BCUT2D eigenvalue weighted by Crippen LogP contribution is 2.54. The molecule has 2 aliphatic rings. The molecule has 1 aromatic heterocycles. The largest absolute Gasteiger partial charge is 0.228 e. The van der Waals surface area contributed by atoms with Crippen molar-refractivity contribution >= 4 is 10.8 Å². The number of hydrogen-bond donors (Lipinski definition) is 0. The van der Waals surface area contributed by atoms with Crippen LogP contribution in [0.1, 0.15) is 49.9 Å². The van der Waals surface area contributed by atoms with Gasteiger partial charge >= 0.3 is 0 Å². The van der Waals surface area contributed by atoms with E-state index in [-0.39, 0.29) is 10.8 Å². The van der Waals surface area contributed by atoms with Crippen molar-refractivity contribution in [3.8, 4) is 78.4 Å². The first-order chi connectivity index (χ1) is 28.2. The smallest absolute Gasteiger partial charge is 0.160 e. The van der Waals surface area contributed by atoms with Crippen molar-refractivity contribution in [2.75, 3.05) is 0 Å². The van der Waals surface area contributed by atoms with E-state index in [4.69, 9.17) is 9.97 Å². The van der Waals surface area contributed by atoms with Crippen LogP contribution in [0, 0.1) is 0 Å². The van der Waals surface area contributed by atoms with Crippen LogP contribution in [0.15, 0.2) is 182 Å². The second kappa shape index (κ2) is 12.8. The molecule has 0 radical (unpaired) electrons. The molecule has 0 aliphatic heterocycles. The lowest BCUT2D eigenvalue weighted by Crippen LogP contribution is -2.15. The van der Waals surface area contributed by atoms with Crippen LogP contribution < -0.4 is 0 Å². The van der Waals surface area contributed by atoms with E-state index in [2.05, 4.69) is 204 Å². The van der Waals surface area contributed by atoms with Crippen molar-refractivity contribution < 1.29 is 0 Å². The van der Waals surface area contributed by atoms with Crippen molar-refractivity contribution in [2.45, 2.75) is 38.5 Å². The first kappa shape index (κ1) is 34.4. The van der Waals surface area contributed by atoms with Crippen LogP contribution in [0.3, 0.4) is 0 Å². The SMILES string of the molecule is CC1(C)c2cc(-c3ccccc3)ccc2-c2ccc(-c3cc(-c4cccc(-c5cccc6c5-c5cc7ccccc7cc5C6(C)C)c4)nc(-c4ccccc4)n3)cc21. The third kappa shape index (κ3) is 5.32. The molecule has 0 amide bonds. The van der Waals surface area contributed by atoms with Crippen LogP contribution in [0.5, 0.6) is 0 Å². The number of fused-ring (bicyclic) bond motifs is 7. The molecule has 0 unspecified atom stereocenters. The first-order valence-electron chi connectivity index (χ1n) is 20.3. The minimum absolute atomic E-state index is 0.107. The van der Waals surface area contributed by atoms with E-state index >= 15 is 0 Å². The van der Waals surface area contributed by atoms with Gasteiger partial charge in [-0.2, -0.15) is 0 Å². The van der Waals surface area contributed by atoms with Crippen molar-refractivity contribution in [1.29, 1.82) is 0 Å². The van der Waals surface area contributed by atoms with Crippen LogP contribution in [0.2, 0.25) is 0 Å². The van der Waals surface area contributed by atoms with Crippen molar-refractivity contribution in [3.63, 3.8) is 0 Å². The summed E-state index contributed by atoms with van der Waals surface area (Å²) < 4.78 is 0. The maximum Gasteiger partial charge on any atom is 0.160 e. The quantitative estimate of drug-likeness (QED) is 0.175. The Morgan fingerprint density at radius 1 is 0.310 bits per heavy atom. The molecular formula is C56H42N2. The Kier molecular flexibility index (Phi) is 7.59. The number of hydrogen-bond acceptors (Lipinski definition) is 2. The molecule has 58 heavy (non-hydrogen) atoms. The summed E-state index contributed by atoms with van der Waals surface area (Å²) >= 11 is 0. The van der Waals surface area contributed by atoms with Crippen LogP contribution >= 0.6 is 0 Å². The molecule has 11 rings (SSSR count). The summed E-state index contributed by atoms with van der Waals surface area (Å²) in [6.07, 6.45) is 0. The van der Waals surface area contributed by atoms with Gasteiger partial charge in [-0.3, -0.25) is 0 Å². The lowest BCUT2D eigenvalue weighted by atomic mass is 9.81. The van der Waals surface area contributed by atoms with Crippen LogP contribution in [-0.2, 0) is 10.8 Å². The van der Waals surface area contributed by atoms with Gasteiger partial charge in [0.1, 0.15) is 0 Å². The standard InChI is InChI=1S/C56H42N2/c1-55(2)47-24-14-23-43(53(47)46-30-37-19-11-12-20-38(37)31-50(46)55)40-21-13-22-41(29-40)51-34-52(58-54(57-51)36-17-9-6-10-18-36)42-26-28-45-44-27-25-39(35-15-7-5-8-16-35)32-48(44)56(3,4)49(45)33-42/h5-34H,1-4H3. The third-order valence-corrected chi connectivity index (χ3v) is 12.9. The maximum atomic E-state index is 5.26. The van der Waals surface area contributed by atoms with Crippen molar-refractivity contribution in [3.05, 3.63) is 204 Å². The second-order valence-electron chi connectivity index (χ2n) is 17.0. The Balaban J connectivity index is 1.03. The summed E-state index contributed by atoms with van der Waals surface area (Å²) in [5.74, 6) is 0.720. The van der Waals surface area contributed by atoms with E-state index < -0.39 is 0 Å². The molecule has 0 bridgehead atoms. The zero-order valence-corrected chi connectivity index (χ0v) is 33.2. The maximum absolute atomic E-state index is 5.26. The minimum Gasteiger partial charge on any atom is -0.228 e. The normalized spacial score (nSPS) is 14.1. The Morgan fingerprint density at radius 3 is 1.53 bits per heavy atom. The fourth-order valence-corrected chi connectivity index (χ4v) is 9.73.